The zero-order valence-corrected chi connectivity index (χ0v) is 10.7. The summed E-state index contributed by atoms with van der Waals surface area (Å²) in [6.07, 6.45) is 2.02. The van der Waals surface area contributed by atoms with Crippen molar-refractivity contribution in [1.29, 1.82) is 0 Å². The molecule has 0 saturated heterocycles. The molecule has 0 aliphatic carbocycles. The maximum atomic E-state index is 10.8. The third kappa shape index (κ3) is 3.57. The van der Waals surface area contributed by atoms with Gasteiger partial charge in [0.2, 0.25) is 0 Å². The number of hydrogen-bond acceptors (Lipinski definition) is 4. The van der Waals surface area contributed by atoms with Crippen LogP contribution in [0.2, 0.25) is 5.15 Å². The van der Waals surface area contributed by atoms with E-state index in [2.05, 4.69) is 4.98 Å². The minimum atomic E-state index is -0.996. The third-order valence-corrected chi connectivity index (χ3v) is 2.83. The monoisotopic (exact) mass is 260 g/mol. The van der Waals surface area contributed by atoms with E-state index in [0.717, 1.165) is 12.3 Å². The Labute approximate surface area is 104 Å². The molecule has 1 rings (SSSR count). The van der Waals surface area contributed by atoms with Crippen LogP contribution in [0.1, 0.15) is 10.4 Å². The molecule has 16 heavy (non-hydrogen) atoms. The average molecular weight is 261 g/mol. The minimum absolute atomic E-state index is 0.158. The molecular weight excluding hydrogens is 248 g/mol. The van der Waals surface area contributed by atoms with Crippen LogP contribution in [0.3, 0.4) is 0 Å². The van der Waals surface area contributed by atoms with Crippen LogP contribution >= 0.6 is 23.4 Å². The molecule has 0 amide bonds. The maximum absolute atomic E-state index is 10.8. The molecule has 0 spiro atoms. The van der Waals surface area contributed by atoms with Gasteiger partial charge in [-0.15, -0.1) is 0 Å². The molecule has 0 unspecified atom stereocenters. The van der Waals surface area contributed by atoms with Crippen molar-refractivity contribution in [3.63, 3.8) is 0 Å². The maximum Gasteiger partial charge on any atom is 0.335 e. The van der Waals surface area contributed by atoms with Gasteiger partial charge < -0.3 is 10.0 Å². The van der Waals surface area contributed by atoms with Crippen molar-refractivity contribution in [2.75, 3.05) is 30.5 Å². The Balaban J connectivity index is 2.91. The van der Waals surface area contributed by atoms with Crippen molar-refractivity contribution in [2.24, 2.45) is 0 Å². The zero-order valence-electron chi connectivity index (χ0n) is 9.11. The van der Waals surface area contributed by atoms with E-state index in [1.54, 1.807) is 11.8 Å². The lowest BCUT2D eigenvalue weighted by atomic mass is 10.2. The van der Waals surface area contributed by atoms with Gasteiger partial charge in [-0.05, 0) is 18.4 Å². The standard InChI is InChI=1S/C10H13ClN2O2S/c1-13(3-4-16-2)9-6-7(10(14)15)5-8(11)12-9/h5-6H,3-4H2,1-2H3,(H,14,15). The van der Waals surface area contributed by atoms with Crippen LogP contribution in [-0.4, -0.2) is 41.7 Å². The quantitative estimate of drug-likeness (QED) is 0.823. The van der Waals surface area contributed by atoms with E-state index in [9.17, 15) is 4.79 Å². The Morgan fingerprint density at radius 1 is 1.62 bits per heavy atom. The number of aromatic nitrogens is 1. The molecule has 1 aromatic heterocycles. The third-order valence-electron chi connectivity index (χ3n) is 2.05. The van der Waals surface area contributed by atoms with Gasteiger partial charge >= 0.3 is 5.97 Å². The second-order valence-electron chi connectivity index (χ2n) is 3.26. The van der Waals surface area contributed by atoms with Gasteiger partial charge in [0.05, 0.1) is 5.56 Å². The van der Waals surface area contributed by atoms with E-state index in [-0.39, 0.29) is 10.7 Å². The van der Waals surface area contributed by atoms with Crippen molar-refractivity contribution in [2.45, 2.75) is 0 Å². The summed E-state index contributed by atoms with van der Waals surface area (Å²) in [5.74, 6) is 0.537. The molecule has 1 aromatic rings. The van der Waals surface area contributed by atoms with Gasteiger partial charge in [0, 0.05) is 19.3 Å². The highest BCUT2D eigenvalue weighted by Crippen LogP contribution is 2.17. The Bertz CT molecular complexity index is 387. The fraction of sp³-hybridized carbons (Fsp3) is 0.400. The molecule has 88 valence electrons. The Hall–Kier alpha value is -0.940. The molecule has 0 aliphatic heterocycles. The van der Waals surface area contributed by atoms with Crippen LogP contribution in [0, 0.1) is 0 Å². The summed E-state index contributed by atoms with van der Waals surface area (Å²) in [6, 6.07) is 2.87. The fourth-order valence-electron chi connectivity index (χ4n) is 1.14. The Morgan fingerprint density at radius 2 is 2.31 bits per heavy atom. The lowest BCUT2D eigenvalue weighted by Crippen LogP contribution is -2.21. The summed E-state index contributed by atoms with van der Waals surface area (Å²) in [5.41, 5.74) is 0.158. The van der Waals surface area contributed by atoms with Crippen LogP contribution in [0.5, 0.6) is 0 Å². The zero-order chi connectivity index (χ0) is 12.1. The smallest absolute Gasteiger partial charge is 0.335 e. The summed E-state index contributed by atoms with van der Waals surface area (Å²) in [6.45, 7) is 0.799. The Kier molecular flexibility index (Phi) is 4.89. The summed E-state index contributed by atoms with van der Waals surface area (Å²) in [4.78, 5) is 16.8. The van der Waals surface area contributed by atoms with Crippen LogP contribution in [0.15, 0.2) is 12.1 Å². The molecule has 0 atom stereocenters. The van der Waals surface area contributed by atoms with Crippen molar-refractivity contribution in [3.8, 4) is 0 Å². The highest BCUT2D eigenvalue weighted by molar-refractivity contribution is 7.98. The SMILES string of the molecule is CSCCN(C)c1cc(C(=O)O)cc(Cl)n1. The number of carboxylic acid groups (broad SMARTS) is 1. The Morgan fingerprint density at radius 3 is 2.88 bits per heavy atom. The largest absolute Gasteiger partial charge is 0.478 e. The first-order valence-corrected chi connectivity index (χ1v) is 6.42. The van der Waals surface area contributed by atoms with Crippen molar-refractivity contribution in [3.05, 3.63) is 22.8 Å². The van der Waals surface area contributed by atoms with Crippen molar-refractivity contribution >= 4 is 35.1 Å². The molecule has 0 saturated carbocycles. The predicted octanol–water partition coefficient (Wildman–Crippen LogP) is 2.23. The van der Waals surface area contributed by atoms with Crippen molar-refractivity contribution < 1.29 is 9.90 Å². The molecular formula is C10H13ClN2O2S. The number of nitrogens with zero attached hydrogens (tertiary/aromatic N) is 2. The highest BCUT2D eigenvalue weighted by Gasteiger charge is 2.10. The number of rotatable bonds is 5. The first-order valence-electron chi connectivity index (χ1n) is 4.65. The van der Waals surface area contributed by atoms with Crippen LogP contribution in [0.4, 0.5) is 5.82 Å². The topological polar surface area (TPSA) is 53.4 Å². The number of carboxylic acids is 1. The summed E-state index contributed by atoms with van der Waals surface area (Å²) in [7, 11) is 1.86. The van der Waals surface area contributed by atoms with Gasteiger partial charge in [-0.25, -0.2) is 9.78 Å². The van der Waals surface area contributed by atoms with E-state index >= 15 is 0 Å². The van der Waals surface area contributed by atoms with E-state index in [0.29, 0.717) is 5.82 Å². The number of carbonyl (C=O) groups is 1. The number of hydrogen-bond donors (Lipinski definition) is 1. The lowest BCUT2D eigenvalue weighted by Gasteiger charge is -2.17. The van der Waals surface area contributed by atoms with Gasteiger partial charge in [0.15, 0.2) is 0 Å². The van der Waals surface area contributed by atoms with Gasteiger partial charge in [-0.2, -0.15) is 11.8 Å². The van der Waals surface area contributed by atoms with E-state index in [1.165, 1.54) is 12.1 Å². The number of thioether (sulfide) groups is 1. The molecule has 4 nitrogen and oxygen atoms in total. The lowest BCUT2D eigenvalue weighted by molar-refractivity contribution is 0.0697. The number of pyridine rings is 1. The number of aromatic carboxylic acids is 1. The minimum Gasteiger partial charge on any atom is -0.478 e. The van der Waals surface area contributed by atoms with Crippen LogP contribution in [0.25, 0.3) is 0 Å². The molecule has 6 heteroatoms. The van der Waals surface area contributed by atoms with Gasteiger partial charge in [0.25, 0.3) is 0 Å². The average Bonchev–Trinajstić information content (AvgIpc) is 2.24. The molecule has 0 fully saturated rings. The van der Waals surface area contributed by atoms with Crippen LogP contribution in [-0.2, 0) is 0 Å². The predicted molar refractivity (Wildman–Crippen MR) is 67.9 cm³/mol. The number of anilines is 1. The van der Waals surface area contributed by atoms with Gasteiger partial charge in [-0.1, -0.05) is 11.6 Å². The molecule has 0 aliphatic rings. The molecule has 1 heterocycles. The highest BCUT2D eigenvalue weighted by atomic mass is 35.5. The normalized spacial score (nSPS) is 10.2. The summed E-state index contributed by atoms with van der Waals surface area (Å²) >= 11 is 7.49. The second kappa shape index (κ2) is 5.96. The van der Waals surface area contributed by atoms with Crippen molar-refractivity contribution in [1.82, 2.24) is 4.98 Å². The van der Waals surface area contributed by atoms with E-state index in [4.69, 9.17) is 16.7 Å². The molecule has 0 radical (unpaired) electrons. The van der Waals surface area contributed by atoms with E-state index < -0.39 is 5.97 Å². The summed E-state index contributed by atoms with van der Waals surface area (Å²) < 4.78 is 0. The first kappa shape index (κ1) is 13.1. The fourth-order valence-corrected chi connectivity index (χ4v) is 1.81. The first-order chi connectivity index (χ1) is 7.54. The number of halogens is 1. The van der Waals surface area contributed by atoms with Gasteiger partial charge in [0.1, 0.15) is 11.0 Å². The summed E-state index contributed by atoms with van der Waals surface area (Å²) in [5, 5.41) is 9.08. The molecule has 0 bridgehead atoms. The second-order valence-corrected chi connectivity index (χ2v) is 4.63. The van der Waals surface area contributed by atoms with Crippen LogP contribution < -0.4 is 4.90 Å². The van der Waals surface area contributed by atoms with Gasteiger partial charge in [-0.3, -0.25) is 0 Å². The molecule has 0 aromatic carbocycles. The molecule has 1 N–H and O–H groups in total. The van der Waals surface area contributed by atoms with E-state index in [1.807, 2.05) is 18.2 Å².